The maximum atomic E-state index is 8.39. The second-order valence-electron chi connectivity index (χ2n) is 2.72. The lowest BCUT2D eigenvalue weighted by Gasteiger charge is -2.27. The van der Waals surface area contributed by atoms with Crippen LogP contribution in [0.3, 0.4) is 0 Å². The summed E-state index contributed by atoms with van der Waals surface area (Å²) in [6.45, 7) is 1.99. The summed E-state index contributed by atoms with van der Waals surface area (Å²) >= 11 is 6.66. The van der Waals surface area contributed by atoms with Crippen LogP contribution in [0.4, 0.5) is 0 Å². The van der Waals surface area contributed by atoms with Crippen LogP contribution in [0.5, 0.6) is 0 Å². The molecule has 1 saturated heterocycles. The topological polar surface area (TPSA) is 35.8 Å². The summed E-state index contributed by atoms with van der Waals surface area (Å²) in [5.41, 5.74) is -0.212. The van der Waals surface area contributed by atoms with Crippen LogP contribution in [0.2, 0.25) is 0 Å². The third-order valence-corrected chi connectivity index (χ3v) is 3.74. The highest BCUT2D eigenvalue weighted by molar-refractivity contribution is 8.23. The molecule has 0 amide bonds. The average molecular weight is 190 g/mol. The van der Waals surface area contributed by atoms with E-state index in [-0.39, 0.29) is 5.54 Å². The van der Waals surface area contributed by atoms with E-state index in [0.717, 1.165) is 10.1 Å². The Morgan fingerprint density at radius 1 is 1.91 bits per heavy atom. The predicted octanol–water partition coefficient (Wildman–Crippen LogP) is 1.17. The Kier molecular flexibility index (Phi) is 2.39. The summed E-state index contributed by atoms with van der Waals surface area (Å²) in [5, 5.41) is 11.4. The van der Waals surface area contributed by atoms with Crippen LogP contribution in [-0.4, -0.2) is 39.0 Å². The maximum absolute atomic E-state index is 8.39. The molecule has 1 heterocycles. The van der Waals surface area contributed by atoms with Crippen LogP contribution in [-0.2, 0) is 0 Å². The zero-order valence-corrected chi connectivity index (χ0v) is 8.08. The predicted molar refractivity (Wildman–Crippen MR) is 51.5 cm³/mol. The van der Waals surface area contributed by atoms with Gasteiger partial charge < -0.3 is 10.1 Å². The van der Waals surface area contributed by atoms with Crippen LogP contribution in [0.15, 0.2) is 5.16 Å². The van der Waals surface area contributed by atoms with Crippen molar-refractivity contribution < 1.29 is 5.21 Å². The van der Waals surface area contributed by atoms with Crippen molar-refractivity contribution in [3.63, 3.8) is 0 Å². The van der Waals surface area contributed by atoms with E-state index in [9.17, 15) is 0 Å². The van der Waals surface area contributed by atoms with E-state index >= 15 is 0 Å². The number of thioether (sulfide) groups is 1. The highest BCUT2D eigenvalue weighted by Gasteiger charge is 2.36. The molecule has 1 atom stereocenters. The Morgan fingerprint density at radius 3 is 2.91 bits per heavy atom. The van der Waals surface area contributed by atoms with Crippen LogP contribution in [0.25, 0.3) is 0 Å². The summed E-state index contributed by atoms with van der Waals surface area (Å²) in [5.74, 6) is 0.854. The van der Waals surface area contributed by atoms with Gasteiger partial charge in [-0.1, -0.05) is 29.1 Å². The SMILES string of the molecule is CN1C(=S)SCC1(C)/C=N/O. The van der Waals surface area contributed by atoms with E-state index in [4.69, 9.17) is 17.4 Å². The van der Waals surface area contributed by atoms with Crippen molar-refractivity contribution in [1.29, 1.82) is 0 Å². The molecular weight excluding hydrogens is 180 g/mol. The summed E-state index contributed by atoms with van der Waals surface area (Å²) in [4.78, 5) is 1.94. The molecule has 0 radical (unpaired) electrons. The largest absolute Gasteiger partial charge is 0.411 e. The number of thiocarbonyl (C=S) groups is 1. The van der Waals surface area contributed by atoms with Crippen molar-refractivity contribution >= 4 is 34.5 Å². The highest BCUT2D eigenvalue weighted by Crippen LogP contribution is 2.29. The van der Waals surface area contributed by atoms with Gasteiger partial charge in [0.05, 0.1) is 11.8 Å². The van der Waals surface area contributed by atoms with E-state index in [2.05, 4.69) is 5.16 Å². The summed E-state index contributed by atoms with van der Waals surface area (Å²) in [7, 11) is 1.91. The molecule has 0 bridgehead atoms. The minimum absolute atomic E-state index is 0.212. The van der Waals surface area contributed by atoms with Crippen LogP contribution < -0.4 is 0 Å². The zero-order chi connectivity index (χ0) is 8.48. The quantitative estimate of drug-likeness (QED) is 0.291. The van der Waals surface area contributed by atoms with E-state index in [1.165, 1.54) is 6.21 Å². The van der Waals surface area contributed by atoms with Crippen LogP contribution in [0.1, 0.15) is 6.92 Å². The fourth-order valence-corrected chi connectivity index (χ4v) is 2.33. The van der Waals surface area contributed by atoms with Crippen LogP contribution in [0, 0.1) is 0 Å². The van der Waals surface area contributed by atoms with Crippen molar-refractivity contribution in [2.45, 2.75) is 12.5 Å². The molecule has 62 valence electrons. The monoisotopic (exact) mass is 190 g/mol. The summed E-state index contributed by atoms with van der Waals surface area (Å²) < 4.78 is 0.854. The first-order valence-electron chi connectivity index (χ1n) is 3.19. The first-order valence-corrected chi connectivity index (χ1v) is 4.59. The molecule has 1 N–H and O–H groups in total. The van der Waals surface area contributed by atoms with Gasteiger partial charge in [0.1, 0.15) is 4.32 Å². The second-order valence-corrected chi connectivity index (χ2v) is 4.32. The number of hydrogen-bond donors (Lipinski definition) is 1. The molecule has 1 rings (SSSR count). The number of nitrogens with zero attached hydrogens (tertiary/aromatic N) is 2. The Balaban J connectivity index is 2.80. The van der Waals surface area contributed by atoms with Gasteiger partial charge in [-0.25, -0.2) is 0 Å². The third-order valence-electron chi connectivity index (χ3n) is 1.86. The summed E-state index contributed by atoms with van der Waals surface area (Å²) in [6.07, 6.45) is 1.51. The fourth-order valence-electron chi connectivity index (χ4n) is 0.858. The fraction of sp³-hybridized carbons (Fsp3) is 0.667. The molecule has 3 nitrogen and oxygen atoms in total. The van der Waals surface area contributed by atoms with Gasteiger partial charge in [-0.05, 0) is 6.92 Å². The van der Waals surface area contributed by atoms with Gasteiger partial charge in [0.25, 0.3) is 0 Å². The molecule has 0 aromatic heterocycles. The zero-order valence-electron chi connectivity index (χ0n) is 6.44. The molecule has 0 aromatic rings. The lowest BCUT2D eigenvalue weighted by Crippen LogP contribution is -2.43. The van der Waals surface area contributed by atoms with Gasteiger partial charge in [0.15, 0.2) is 0 Å². The Bertz CT molecular complexity index is 207. The van der Waals surface area contributed by atoms with Crippen LogP contribution >= 0.6 is 24.0 Å². The Hall–Kier alpha value is -0.290. The lowest BCUT2D eigenvalue weighted by molar-refractivity contribution is 0.305. The molecule has 0 spiro atoms. The molecule has 0 aliphatic carbocycles. The van der Waals surface area contributed by atoms with Gasteiger partial charge in [0.2, 0.25) is 0 Å². The molecule has 1 aliphatic heterocycles. The standard InChI is InChI=1S/C6H10N2OS2/c1-6(3-7-9)4-11-5(10)8(6)2/h3,9H,4H2,1-2H3/b7-3+. The first kappa shape index (κ1) is 8.80. The molecule has 0 saturated carbocycles. The average Bonchev–Trinajstić information content (AvgIpc) is 2.19. The molecule has 1 unspecified atom stereocenters. The molecule has 5 heteroatoms. The van der Waals surface area contributed by atoms with Gasteiger partial charge in [-0.3, -0.25) is 0 Å². The van der Waals surface area contributed by atoms with E-state index in [1.807, 2.05) is 18.9 Å². The van der Waals surface area contributed by atoms with Gasteiger partial charge in [-0.15, -0.1) is 0 Å². The minimum atomic E-state index is -0.212. The Labute approximate surface area is 75.4 Å². The smallest absolute Gasteiger partial charge is 0.136 e. The van der Waals surface area contributed by atoms with E-state index < -0.39 is 0 Å². The van der Waals surface area contributed by atoms with Crippen molar-refractivity contribution in [3.05, 3.63) is 0 Å². The number of oxime groups is 1. The Morgan fingerprint density at radius 2 is 2.55 bits per heavy atom. The molecule has 1 aliphatic rings. The molecule has 1 fully saturated rings. The van der Waals surface area contributed by atoms with Crippen molar-refractivity contribution in [3.8, 4) is 0 Å². The normalized spacial score (nSPS) is 32.2. The third kappa shape index (κ3) is 1.49. The maximum Gasteiger partial charge on any atom is 0.136 e. The van der Waals surface area contributed by atoms with Gasteiger partial charge >= 0.3 is 0 Å². The van der Waals surface area contributed by atoms with E-state index in [0.29, 0.717) is 0 Å². The van der Waals surface area contributed by atoms with Gasteiger partial charge in [-0.2, -0.15) is 0 Å². The van der Waals surface area contributed by atoms with Crippen molar-refractivity contribution in [2.75, 3.05) is 12.8 Å². The van der Waals surface area contributed by atoms with Gasteiger partial charge in [0, 0.05) is 12.8 Å². The number of rotatable bonds is 1. The van der Waals surface area contributed by atoms with Crippen molar-refractivity contribution in [1.82, 2.24) is 4.90 Å². The first-order chi connectivity index (χ1) is 5.10. The number of hydrogen-bond acceptors (Lipinski definition) is 4. The second kappa shape index (κ2) is 2.98. The highest BCUT2D eigenvalue weighted by atomic mass is 32.2. The molecule has 0 aromatic carbocycles. The van der Waals surface area contributed by atoms with E-state index in [1.54, 1.807) is 11.8 Å². The van der Waals surface area contributed by atoms with Crippen molar-refractivity contribution in [2.24, 2.45) is 5.16 Å². The lowest BCUT2D eigenvalue weighted by atomic mass is 10.1. The summed E-state index contributed by atoms with van der Waals surface area (Å²) in [6, 6.07) is 0. The molecule has 11 heavy (non-hydrogen) atoms. The minimum Gasteiger partial charge on any atom is -0.411 e. The molecular formula is C6H10N2OS2.